The fourth-order valence-electron chi connectivity index (χ4n) is 3.93. The summed E-state index contributed by atoms with van der Waals surface area (Å²) in [7, 11) is 0. The van der Waals surface area contributed by atoms with Crippen LogP contribution in [-0.4, -0.2) is 34.6 Å². The maximum absolute atomic E-state index is 13.4. The number of rotatable bonds is 2. The van der Waals surface area contributed by atoms with Gasteiger partial charge >= 0.3 is 0 Å². The predicted molar refractivity (Wildman–Crippen MR) is 101 cm³/mol. The minimum Gasteiger partial charge on any atom is -0.485 e. The number of nitrogens with zero attached hydrogens (tertiary/aromatic N) is 2. The van der Waals surface area contributed by atoms with Gasteiger partial charge in [0.05, 0.1) is 6.04 Å². The maximum Gasteiger partial charge on any atom is 0.268 e. The molecular formula is C22H20N2O3. The van der Waals surface area contributed by atoms with Crippen LogP contribution in [-0.2, 0) is 11.3 Å². The van der Waals surface area contributed by atoms with Gasteiger partial charge in [0.15, 0.2) is 11.5 Å². The lowest BCUT2D eigenvalue weighted by molar-refractivity contribution is -0.144. The molecule has 2 aliphatic rings. The second-order valence-electron chi connectivity index (χ2n) is 6.84. The van der Waals surface area contributed by atoms with Gasteiger partial charge in [0.2, 0.25) is 6.10 Å². The van der Waals surface area contributed by atoms with Crippen LogP contribution in [0.2, 0.25) is 0 Å². The zero-order chi connectivity index (χ0) is 18.2. The molecule has 0 saturated carbocycles. The number of carbonyl (C=O) groups excluding carboxylic acids is 1. The van der Waals surface area contributed by atoms with Crippen molar-refractivity contribution in [1.82, 2.24) is 9.47 Å². The fourth-order valence-corrected chi connectivity index (χ4v) is 3.93. The van der Waals surface area contributed by atoms with Gasteiger partial charge in [-0.3, -0.25) is 4.79 Å². The number of ether oxygens (including phenoxy) is 2. The number of carbonyl (C=O) groups is 1. The Balaban J connectivity index is 1.47. The van der Waals surface area contributed by atoms with Crippen LogP contribution < -0.4 is 9.47 Å². The molecular weight excluding hydrogens is 340 g/mol. The van der Waals surface area contributed by atoms with E-state index in [1.165, 1.54) is 0 Å². The van der Waals surface area contributed by atoms with E-state index >= 15 is 0 Å². The first-order valence-electron chi connectivity index (χ1n) is 9.20. The molecule has 2 atom stereocenters. The lowest BCUT2D eigenvalue weighted by atomic mass is 9.99. The molecule has 0 fully saturated rings. The van der Waals surface area contributed by atoms with E-state index in [1.54, 1.807) is 0 Å². The highest BCUT2D eigenvalue weighted by molar-refractivity contribution is 5.83. The number of aromatic nitrogens is 1. The summed E-state index contributed by atoms with van der Waals surface area (Å²) in [5, 5.41) is 0. The molecule has 0 bridgehead atoms. The minimum absolute atomic E-state index is 0.0363. The van der Waals surface area contributed by atoms with Crippen molar-refractivity contribution in [1.29, 1.82) is 0 Å². The molecule has 1 amide bonds. The van der Waals surface area contributed by atoms with Gasteiger partial charge in [-0.1, -0.05) is 42.5 Å². The number of hydrogen-bond acceptors (Lipinski definition) is 3. The highest BCUT2D eigenvalue weighted by Gasteiger charge is 2.38. The van der Waals surface area contributed by atoms with Crippen molar-refractivity contribution in [3.05, 3.63) is 84.2 Å². The minimum atomic E-state index is -0.632. The Morgan fingerprint density at radius 2 is 1.67 bits per heavy atom. The number of para-hydroxylation sites is 2. The van der Waals surface area contributed by atoms with Gasteiger partial charge in [-0.15, -0.1) is 0 Å². The van der Waals surface area contributed by atoms with Crippen LogP contribution in [0.25, 0.3) is 0 Å². The van der Waals surface area contributed by atoms with Crippen molar-refractivity contribution in [3.8, 4) is 11.5 Å². The maximum atomic E-state index is 13.4. The summed E-state index contributed by atoms with van der Waals surface area (Å²) in [6.45, 7) is 1.65. The van der Waals surface area contributed by atoms with Gasteiger partial charge in [-0.05, 0) is 29.8 Å². The lowest BCUT2D eigenvalue weighted by Crippen LogP contribution is -2.50. The van der Waals surface area contributed by atoms with Gasteiger partial charge in [0.25, 0.3) is 5.91 Å². The number of hydrogen-bond donors (Lipinski definition) is 0. The molecule has 2 aliphatic heterocycles. The van der Waals surface area contributed by atoms with Gasteiger partial charge in [0, 0.05) is 25.0 Å². The Labute approximate surface area is 157 Å². The molecule has 136 valence electrons. The molecule has 2 unspecified atom stereocenters. The largest absolute Gasteiger partial charge is 0.485 e. The van der Waals surface area contributed by atoms with E-state index in [9.17, 15) is 4.79 Å². The summed E-state index contributed by atoms with van der Waals surface area (Å²) in [6.07, 6.45) is 1.44. The van der Waals surface area contributed by atoms with Crippen LogP contribution in [0.5, 0.6) is 11.5 Å². The molecule has 0 N–H and O–H groups in total. The van der Waals surface area contributed by atoms with Crippen LogP contribution >= 0.6 is 0 Å². The highest BCUT2D eigenvalue weighted by atomic mass is 16.6. The third-order valence-corrected chi connectivity index (χ3v) is 5.22. The fraction of sp³-hybridized carbons (Fsp3) is 0.227. The van der Waals surface area contributed by atoms with Crippen molar-refractivity contribution in [3.63, 3.8) is 0 Å². The molecule has 0 saturated heterocycles. The molecule has 1 aromatic heterocycles. The SMILES string of the molecule is O=C(C1COc2ccccc2O1)N1CCn2cccc2C1c1ccccc1. The van der Waals surface area contributed by atoms with Crippen molar-refractivity contribution in [2.24, 2.45) is 0 Å². The van der Waals surface area contributed by atoms with Gasteiger partial charge in [-0.25, -0.2) is 0 Å². The third kappa shape index (κ3) is 2.76. The van der Waals surface area contributed by atoms with Crippen LogP contribution in [0.4, 0.5) is 0 Å². The van der Waals surface area contributed by atoms with E-state index in [4.69, 9.17) is 9.47 Å². The van der Waals surface area contributed by atoms with Crippen LogP contribution in [0.3, 0.4) is 0 Å². The quantitative estimate of drug-likeness (QED) is 0.705. The predicted octanol–water partition coefficient (Wildman–Crippen LogP) is 3.26. The summed E-state index contributed by atoms with van der Waals surface area (Å²) in [5.74, 6) is 1.28. The Kier molecular flexibility index (Phi) is 3.85. The summed E-state index contributed by atoms with van der Waals surface area (Å²) >= 11 is 0. The highest BCUT2D eigenvalue weighted by Crippen LogP contribution is 2.35. The van der Waals surface area contributed by atoms with E-state index in [-0.39, 0.29) is 18.6 Å². The average Bonchev–Trinajstić information content (AvgIpc) is 3.21. The van der Waals surface area contributed by atoms with Crippen molar-refractivity contribution < 1.29 is 14.3 Å². The van der Waals surface area contributed by atoms with Crippen molar-refractivity contribution in [2.75, 3.05) is 13.2 Å². The topological polar surface area (TPSA) is 43.7 Å². The Morgan fingerprint density at radius 1 is 0.889 bits per heavy atom. The van der Waals surface area contributed by atoms with E-state index in [1.807, 2.05) is 53.4 Å². The van der Waals surface area contributed by atoms with Crippen molar-refractivity contribution in [2.45, 2.75) is 18.7 Å². The number of fused-ring (bicyclic) bond motifs is 2. The Morgan fingerprint density at radius 3 is 2.52 bits per heavy atom. The molecule has 5 nitrogen and oxygen atoms in total. The molecule has 0 spiro atoms. The second kappa shape index (κ2) is 6.50. The lowest BCUT2D eigenvalue weighted by Gasteiger charge is -2.39. The van der Waals surface area contributed by atoms with Crippen molar-refractivity contribution >= 4 is 5.91 Å². The van der Waals surface area contributed by atoms with E-state index in [2.05, 4.69) is 29.0 Å². The zero-order valence-corrected chi connectivity index (χ0v) is 14.8. The molecule has 5 rings (SSSR count). The van der Waals surface area contributed by atoms with Crippen LogP contribution in [0, 0.1) is 0 Å². The normalized spacial score (nSPS) is 20.8. The monoisotopic (exact) mass is 360 g/mol. The van der Waals surface area contributed by atoms with Crippen LogP contribution in [0.1, 0.15) is 17.3 Å². The first kappa shape index (κ1) is 16.0. The Bertz CT molecular complexity index is 966. The van der Waals surface area contributed by atoms with E-state index < -0.39 is 6.10 Å². The van der Waals surface area contributed by atoms with Crippen LogP contribution in [0.15, 0.2) is 72.9 Å². The molecule has 0 aliphatic carbocycles. The average molecular weight is 360 g/mol. The molecule has 3 heterocycles. The third-order valence-electron chi connectivity index (χ3n) is 5.22. The van der Waals surface area contributed by atoms with Gasteiger partial charge in [-0.2, -0.15) is 0 Å². The van der Waals surface area contributed by atoms with E-state index in [0.717, 1.165) is 17.8 Å². The molecule has 2 aromatic carbocycles. The van der Waals surface area contributed by atoms with Gasteiger partial charge < -0.3 is 18.9 Å². The first-order chi connectivity index (χ1) is 13.3. The molecule has 27 heavy (non-hydrogen) atoms. The van der Waals surface area contributed by atoms with E-state index in [0.29, 0.717) is 18.0 Å². The number of benzene rings is 2. The molecule has 3 aromatic rings. The summed E-state index contributed by atoms with van der Waals surface area (Å²) in [6, 6.07) is 21.6. The first-order valence-corrected chi connectivity index (χ1v) is 9.20. The molecule has 5 heteroatoms. The summed E-state index contributed by atoms with van der Waals surface area (Å²) < 4.78 is 14.0. The molecule has 0 radical (unpaired) electrons. The standard InChI is InChI=1S/C22H20N2O3/c25-22(20-15-26-18-10-4-5-11-19(18)27-20)24-14-13-23-12-6-9-17(23)21(24)16-7-2-1-3-8-16/h1-12,20-21H,13-15H2. The zero-order valence-electron chi connectivity index (χ0n) is 14.8. The summed E-state index contributed by atoms with van der Waals surface area (Å²) in [5.41, 5.74) is 2.22. The smallest absolute Gasteiger partial charge is 0.268 e. The summed E-state index contributed by atoms with van der Waals surface area (Å²) in [4.78, 5) is 15.3. The van der Waals surface area contributed by atoms with Gasteiger partial charge in [0.1, 0.15) is 6.61 Å². The number of amides is 1. The Hall–Kier alpha value is -3.21. The second-order valence-corrected chi connectivity index (χ2v) is 6.84.